The third-order valence-electron chi connectivity index (χ3n) is 2.66. The van der Waals surface area contributed by atoms with E-state index in [0.29, 0.717) is 17.9 Å². The van der Waals surface area contributed by atoms with Gasteiger partial charge in [-0.2, -0.15) is 13.5 Å². The number of H-pyrrole nitrogens is 1. The maximum Gasteiger partial charge on any atom is 0.279 e. The van der Waals surface area contributed by atoms with E-state index < -0.39 is 10.0 Å². The van der Waals surface area contributed by atoms with Gasteiger partial charge in [-0.3, -0.25) is 9.82 Å². The second-order valence-electron chi connectivity index (χ2n) is 4.17. The van der Waals surface area contributed by atoms with Gasteiger partial charge in [0.25, 0.3) is 10.0 Å². The fourth-order valence-corrected chi connectivity index (χ4v) is 2.97. The number of aromatic amines is 1. The number of benzene rings is 1. The summed E-state index contributed by atoms with van der Waals surface area (Å²) >= 11 is 0. The molecule has 2 aromatic rings. The summed E-state index contributed by atoms with van der Waals surface area (Å²) in [4.78, 5) is 0. The molecular formula is C12H16N4O3S. The van der Waals surface area contributed by atoms with Crippen LogP contribution >= 0.6 is 0 Å². The first-order valence-electron chi connectivity index (χ1n) is 5.90. The minimum Gasteiger partial charge on any atom is -0.380 e. The Morgan fingerprint density at radius 3 is 2.95 bits per heavy atom. The van der Waals surface area contributed by atoms with E-state index in [1.54, 1.807) is 25.3 Å². The minimum absolute atomic E-state index is 0.0165. The summed E-state index contributed by atoms with van der Waals surface area (Å²) in [6.07, 6.45) is 1.40. The molecule has 1 aromatic carbocycles. The Kier molecular flexibility index (Phi) is 4.38. The molecule has 0 aliphatic heterocycles. The molecule has 0 aliphatic carbocycles. The molecule has 8 heteroatoms. The average Bonchev–Trinajstić information content (AvgIpc) is 2.88. The number of hydrogen-bond donors (Lipinski definition) is 3. The fourth-order valence-electron chi connectivity index (χ4n) is 1.77. The lowest BCUT2D eigenvalue weighted by atomic mass is 10.2. The Labute approximate surface area is 117 Å². The van der Waals surface area contributed by atoms with Gasteiger partial charge in [-0.1, -0.05) is 12.1 Å². The molecule has 108 valence electrons. The summed E-state index contributed by atoms with van der Waals surface area (Å²) < 4.78 is 32.0. The molecule has 0 aliphatic rings. The summed E-state index contributed by atoms with van der Waals surface area (Å²) in [6, 6.07) is 6.97. The van der Waals surface area contributed by atoms with Gasteiger partial charge in [0.15, 0.2) is 5.03 Å². The summed E-state index contributed by atoms with van der Waals surface area (Å²) in [7, 11) is -2.15. The number of anilines is 1. The molecule has 0 saturated heterocycles. The molecule has 0 unspecified atom stereocenters. The third kappa shape index (κ3) is 3.16. The van der Waals surface area contributed by atoms with Gasteiger partial charge in [-0.25, -0.2) is 0 Å². The first-order chi connectivity index (χ1) is 9.56. The van der Waals surface area contributed by atoms with Crippen LogP contribution < -0.4 is 10.5 Å². The zero-order valence-corrected chi connectivity index (χ0v) is 11.8. The fraction of sp³-hybridized carbons (Fsp3) is 0.250. The zero-order valence-electron chi connectivity index (χ0n) is 11.0. The van der Waals surface area contributed by atoms with Crippen molar-refractivity contribution in [3.63, 3.8) is 0 Å². The lowest BCUT2D eigenvalue weighted by Gasteiger charge is -2.09. The molecule has 1 aromatic heterocycles. The lowest BCUT2D eigenvalue weighted by molar-refractivity contribution is 0.185. The van der Waals surface area contributed by atoms with E-state index in [4.69, 9.17) is 10.5 Å². The van der Waals surface area contributed by atoms with Crippen LogP contribution in [0.25, 0.3) is 0 Å². The quantitative estimate of drug-likeness (QED) is 0.731. The molecule has 2 rings (SSSR count). The number of nitrogens with one attached hydrogen (secondary N) is 2. The monoisotopic (exact) mass is 296 g/mol. The summed E-state index contributed by atoms with van der Waals surface area (Å²) in [6.45, 7) is 0.504. The van der Waals surface area contributed by atoms with E-state index in [1.807, 2.05) is 6.07 Å². The van der Waals surface area contributed by atoms with Gasteiger partial charge in [0.1, 0.15) is 0 Å². The van der Waals surface area contributed by atoms with Crippen LogP contribution in [0.15, 0.2) is 35.5 Å². The first kappa shape index (κ1) is 14.5. The van der Waals surface area contributed by atoms with Crippen molar-refractivity contribution in [1.82, 2.24) is 10.2 Å². The Morgan fingerprint density at radius 2 is 2.25 bits per heavy atom. The van der Waals surface area contributed by atoms with Crippen molar-refractivity contribution in [3.05, 3.63) is 41.6 Å². The topological polar surface area (TPSA) is 110 Å². The van der Waals surface area contributed by atoms with E-state index in [0.717, 1.165) is 5.56 Å². The van der Waals surface area contributed by atoms with Gasteiger partial charge in [-0.05, 0) is 17.7 Å². The Morgan fingerprint density at radius 1 is 1.45 bits per heavy atom. The highest BCUT2D eigenvalue weighted by molar-refractivity contribution is 7.92. The van der Waals surface area contributed by atoms with E-state index in [-0.39, 0.29) is 11.6 Å². The second-order valence-corrected chi connectivity index (χ2v) is 5.79. The van der Waals surface area contributed by atoms with Crippen LogP contribution in [-0.4, -0.2) is 25.7 Å². The smallest absolute Gasteiger partial charge is 0.279 e. The van der Waals surface area contributed by atoms with Gasteiger partial charge in [0.2, 0.25) is 0 Å². The second kappa shape index (κ2) is 6.04. The minimum atomic E-state index is -3.73. The van der Waals surface area contributed by atoms with Crippen molar-refractivity contribution in [2.24, 2.45) is 5.73 Å². The van der Waals surface area contributed by atoms with E-state index in [9.17, 15) is 8.42 Å². The highest BCUT2D eigenvalue weighted by atomic mass is 32.2. The zero-order chi connectivity index (χ0) is 14.6. The molecule has 1 heterocycles. The average molecular weight is 296 g/mol. The maximum absolute atomic E-state index is 12.2. The molecule has 4 N–H and O–H groups in total. The van der Waals surface area contributed by atoms with Gasteiger partial charge in [-0.15, -0.1) is 0 Å². The molecular weight excluding hydrogens is 280 g/mol. The van der Waals surface area contributed by atoms with Gasteiger partial charge < -0.3 is 10.5 Å². The number of rotatable bonds is 6. The Hall–Kier alpha value is -1.90. The number of hydrogen-bond acceptors (Lipinski definition) is 5. The largest absolute Gasteiger partial charge is 0.380 e. The van der Waals surface area contributed by atoms with Crippen molar-refractivity contribution in [2.45, 2.75) is 18.2 Å². The Bertz CT molecular complexity index is 682. The van der Waals surface area contributed by atoms with Gasteiger partial charge in [0.05, 0.1) is 12.8 Å². The standard InChI is InChI=1S/C12H16N4O3S/c1-19-8-9-3-2-4-11(5-9)16-20(17,18)12-10(6-13)7-14-15-12/h2-5,7,16H,6,8,13H2,1H3,(H,14,15). The number of nitrogens with zero attached hydrogens (tertiary/aromatic N) is 1. The predicted octanol–water partition coefficient (Wildman–Crippen LogP) is 0.816. The normalized spacial score (nSPS) is 11.5. The van der Waals surface area contributed by atoms with Gasteiger partial charge in [0, 0.05) is 24.9 Å². The number of methoxy groups -OCH3 is 1. The maximum atomic E-state index is 12.2. The Balaban J connectivity index is 2.26. The van der Waals surface area contributed by atoms with Crippen LogP contribution in [0, 0.1) is 0 Å². The highest BCUT2D eigenvalue weighted by Crippen LogP contribution is 2.18. The first-order valence-corrected chi connectivity index (χ1v) is 7.38. The third-order valence-corrected chi connectivity index (χ3v) is 4.05. The predicted molar refractivity (Wildman–Crippen MR) is 74.4 cm³/mol. The summed E-state index contributed by atoms with van der Waals surface area (Å²) in [5.41, 5.74) is 7.24. The van der Waals surface area contributed by atoms with Crippen LogP contribution in [-0.2, 0) is 27.9 Å². The lowest BCUT2D eigenvalue weighted by Crippen LogP contribution is -2.16. The van der Waals surface area contributed by atoms with Crippen LogP contribution in [0.1, 0.15) is 11.1 Å². The number of sulfonamides is 1. The molecule has 0 amide bonds. The van der Waals surface area contributed by atoms with Crippen LogP contribution in [0.5, 0.6) is 0 Å². The van der Waals surface area contributed by atoms with Crippen LogP contribution in [0.2, 0.25) is 0 Å². The van der Waals surface area contributed by atoms with Crippen molar-refractivity contribution in [2.75, 3.05) is 11.8 Å². The number of ether oxygens (including phenoxy) is 1. The summed E-state index contributed by atoms with van der Waals surface area (Å²) in [5.74, 6) is 0. The molecule has 0 fully saturated rings. The van der Waals surface area contributed by atoms with Gasteiger partial charge >= 0.3 is 0 Å². The number of nitrogens with two attached hydrogens (primary N) is 1. The van der Waals surface area contributed by atoms with Crippen molar-refractivity contribution >= 4 is 15.7 Å². The molecule has 0 saturated carbocycles. The summed E-state index contributed by atoms with van der Waals surface area (Å²) in [5, 5.41) is 6.14. The van der Waals surface area contributed by atoms with Crippen molar-refractivity contribution in [3.8, 4) is 0 Å². The molecule has 0 atom stereocenters. The van der Waals surface area contributed by atoms with Crippen LogP contribution in [0.3, 0.4) is 0 Å². The van der Waals surface area contributed by atoms with Crippen molar-refractivity contribution in [1.29, 1.82) is 0 Å². The van der Waals surface area contributed by atoms with E-state index >= 15 is 0 Å². The van der Waals surface area contributed by atoms with Crippen LogP contribution in [0.4, 0.5) is 5.69 Å². The highest BCUT2D eigenvalue weighted by Gasteiger charge is 2.20. The number of aromatic nitrogens is 2. The van der Waals surface area contributed by atoms with Crippen molar-refractivity contribution < 1.29 is 13.2 Å². The molecule has 0 bridgehead atoms. The molecule has 7 nitrogen and oxygen atoms in total. The molecule has 0 radical (unpaired) electrons. The molecule has 0 spiro atoms. The van der Waals surface area contributed by atoms with E-state index in [1.165, 1.54) is 6.20 Å². The van der Waals surface area contributed by atoms with E-state index in [2.05, 4.69) is 14.9 Å². The molecule has 20 heavy (non-hydrogen) atoms. The SMILES string of the molecule is COCc1cccc(NS(=O)(=O)c2[nH]ncc2CN)c1.